The molecule has 7 heteroatoms. The van der Waals surface area contributed by atoms with Crippen molar-refractivity contribution in [2.24, 2.45) is 0 Å². The molecule has 1 amide bonds. The van der Waals surface area contributed by atoms with Gasteiger partial charge in [0.25, 0.3) is 5.91 Å². The van der Waals surface area contributed by atoms with E-state index in [9.17, 15) is 4.79 Å². The van der Waals surface area contributed by atoms with Crippen molar-refractivity contribution in [2.75, 3.05) is 44.3 Å². The van der Waals surface area contributed by atoms with Crippen LogP contribution in [0.5, 0.6) is 11.5 Å². The van der Waals surface area contributed by atoms with E-state index >= 15 is 0 Å². The predicted octanol–water partition coefficient (Wildman–Crippen LogP) is 4.21. The van der Waals surface area contributed by atoms with Gasteiger partial charge in [0, 0.05) is 37.3 Å². The standard InChI is InChI=1S/C26H30N4O3/c1-4-32-23-12-10-21(18-24(23)33-5-2)26(31)30-16-14-29(15-17-30)25-13-11-22(27-28-25)20-8-6-19(3)7-9-20/h6-13,18H,4-5,14-17H2,1-3H3. The van der Waals surface area contributed by atoms with Crippen LogP contribution in [0.2, 0.25) is 0 Å². The number of ether oxygens (including phenoxy) is 2. The summed E-state index contributed by atoms with van der Waals surface area (Å²) < 4.78 is 11.3. The first kappa shape index (κ1) is 22.6. The summed E-state index contributed by atoms with van der Waals surface area (Å²) in [6.45, 7) is 9.63. The Bertz CT molecular complexity index is 1080. The molecule has 1 aliphatic rings. The molecule has 1 saturated heterocycles. The molecule has 0 unspecified atom stereocenters. The molecule has 1 fully saturated rings. The minimum Gasteiger partial charge on any atom is -0.490 e. The molecule has 0 N–H and O–H groups in total. The van der Waals surface area contributed by atoms with Crippen molar-refractivity contribution in [2.45, 2.75) is 20.8 Å². The molecule has 0 saturated carbocycles. The Labute approximate surface area is 195 Å². The Morgan fingerprint density at radius 2 is 1.55 bits per heavy atom. The van der Waals surface area contributed by atoms with Gasteiger partial charge in [-0.3, -0.25) is 4.79 Å². The van der Waals surface area contributed by atoms with Crippen molar-refractivity contribution in [3.63, 3.8) is 0 Å². The van der Waals surface area contributed by atoms with E-state index < -0.39 is 0 Å². The second kappa shape index (κ2) is 10.3. The Morgan fingerprint density at radius 3 is 2.18 bits per heavy atom. The van der Waals surface area contributed by atoms with E-state index in [0.717, 1.165) is 17.1 Å². The summed E-state index contributed by atoms with van der Waals surface area (Å²) in [6.07, 6.45) is 0. The lowest BCUT2D eigenvalue weighted by atomic mass is 10.1. The third-order valence-electron chi connectivity index (χ3n) is 5.68. The molecular formula is C26H30N4O3. The molecular weight excluding hydrogens is 416 g/mol. The van der Waals surface area contributed by atoms with E-state index in [2.05, 4.69) is 46.3 Å². The van der Waals surface area contributed by atoms with Gasteiger partial charge >= 0.3 is 0 Å². The molecule has 2 heterocycles. The molecule has 0 atom stereocenters. The topological polar surface area (TPSA) is 67.8 Å². The van der Waals surface area contributed by atoms with Gasteiger partial charge in [-0.1, -0.05) is 29.8 Å². The zero-order valence-corrected chi connectivity index (χ0v) is 19.5. The second-order valence-electron chi connectivity index (χ2n) is 7.95. The third kappa shape index (κ3) is 5.25. The van der Waals surface area contributed by atoms with Crippen LogP contribution in [-0.4, -0.2) is 60.4 Å². The van der Waals surface area contributed by atoms with Crippen LogP contribution >= 0.6 is 0 Å². The zero-order valence-electron chi connectivity index (χ0n) is 19.5. The largest absolute Gasteiger partial charge is 0.490 e. The molecule has 33 heavy (non-hydrogen) atoms. The first-order chi connectivity index (χ1) is 16.1. The lowest BCUT2D eigenvalue weighted by molar-refractivity contribution is 0.0746. The van der Waals surface area contributed by atoms with Gasteiger partial charge < -0.3 is 19.3 Å². The minimum atomic E-state index is -0.000505. The smallest absolute Gasteiger partial charge is 0.254 e. The average Bonchev–Trinajstić information content (AvgIpc) is 2.86. The molecule has 1 aromatic heterocycles. The van der Waals surface area contributed by atoms with Crippen molar-refractivity contribution < 1.29 is 14.3 Å². The van der Waals surface area contributed by atoms with Gasteiger partial charge in [0.2, 0.25) is 0 Å². The summed E-state index contributed by atoms with van der Waals surface area (Å²) in [5, 5.41) is 8.84. The summed E-state index contributed by atoms with van der Waals surface area (Å²) in [6, 6.07) is 17.6. The highest BCUT2D eigenvalue weighted by molar-refractivity contribution is 5.95. The average molecular weight is 447 g/mol. The Kier molecular flexibility index (Phi) is 7.07. The van der Waals surface area contributed by atoms with E-state index in [1.807, 2.05) is 36.9 Å². The van der Waals surface area contributed by atoms with Crippen molar-refractivity contribution in [3.8, 4) is 22.8 Å². The number of piperazine rings is 1. The quantitative estimate of drug-likeness (QED) is 0.542. The number of rotatable bonds is 7. The van der Waals surface area contributed by atoms with Crippen molar-refractivity contribution in [3.05, 3.63) is 65.7 Å². The maximum Gasteiger partial charge on any atom is 0.254 e. The fourth-order valence-corrected chi connectivity index (χ4v) is 3.88. The molecule has 172 valence electrons. The first-order valence-corrected chi connectivity index (χ1v) is 11.4. The number of aryl methyl sites for hydroxylation is 1. The number of anilines is 1. The van der Waals surface area contributed by atoms with Gasteiger partial charge in [0.1, 0.15) is 0 Å². The summed E-state index contributed by atoms with van der Waals surface area (Å²) >= 11 is 0. The van der Waals surface area contributed by atoms with Gasteiger partial charge in [-0.25, -0.2) is 0 Å². The summed E-state index contributed by atoms with van der Waals surface area (Å²) in [7, 11) is 0. The molecule has 1 aliphatic heterocycles. The summed E-state index contributed by atoms with van der Waals surface area (Å²) in [5.74, 6) is 2.10. The van der Waals surface area contributed by atoms with Crippen LogP contribution in [0.1, 0.15) is 29.8 Å². The van der Waals surface area contributed by atoms with Crippen LogP contribution in [-0.2, 0) is 0 Å². The van der Waals surface area contributed by atoms with E-state index in [4.69, 9.17) is 9.47 Å². The van der Waals surface area contributed by atoms with Gasteiger partial charge in [-0.2, -0.15) is 0 Å². The lowest BCUT2D eigenvalue weighted by Gasteiger charge is -2.35. The number of aromatic nitrogens is 2. The maximum atomic E-state index is 13.1. The van der Waals surface area contributed by atoms with E-state index in [1.165, 1.54) is 5.56 Å². The van der Waals surface area contributed by atoms with Crippen LogP contribution in [0.15, 0.2) is 54.6 Å². The Hall–Kier alpha value is -3.61. The van der Waals surface area contributed by atoms with Gasteiger partial charge in [-0.15, -0.1) is 10.2 Å². The zero-order chi connectivity index (χ0) is 23.2. The van der Waals surface area contributed by atoms with Gasteiger partial charge in [0.15, 0.2) is 17.3 Å². The van der Waals surface area contributed by atoms with Gasteiger partial charge in [-0.05, 0) is 51.1 Å². The van der Waals surface area contributed by atoms with Gasteiger partial charge in [0.05, 0.1) is 18.9 Å². The molecule has 0 radical (unpaired) electrons. The van der Waals surface area contributed by atoms with Crippen LogP contribution in [0.3, 0.4) is 0 Å². The molecule has 0 aliphatic carbocycles. The Morgan fingerprint density at radius 1 is 0.848 bits per heavy atom. The number of amides is 1. The van der Waals surface area contributed by atoms with E-state index in [1.54, 1.807) is 12.1 Å². The number of hydrogen-bond acceptors (Lipinski definition) is 6. The number of carbonyl (C=O) groups excluding carboxylic acids is 1. The SMILES string of the molecule is CCOc1ccc(C(=O)N2CCN(c3ccc(-c4ccc(C)cc4)nn3)CC2)cc1OCC. The van der Waals surface area contributed by atoms with Crippen molar-refractivity contribution in [1.82, 2.24) is 15.1 Å². The fourth-order valence-electron chi connectivity index (χ4n) is 3.88. The monoisotopic (exact) mass is 446 g/mol. The Balaban J connectivity index is 1.39. The maximum absolute atomic E-state index is 13.1. The number of benzene rings is 2. The molecule has 4 rings (SSSR count). The van der Waals surface area contributed by atoms with Crippen LogP contribution in [0, 0.1) is 6.92 Å². The van der Waals surface area contributed by atoms with E-state index in [-0.39, 0.29) is 5.91 Å². The highest BCUT2D eigenvalue weighted by Gasteiger charge is 2.24. The molecule has 2 aromatic carbocycles. The van der Waals surface area contributed by atoms with E-state index in [0.29, 0.717) is 56.5 Å². The fraction of sp³-hybridized carbons (Fsp3) is 0.346. The number of carbonyl (C=O) groups is 1. The molecule has 3 aromatic rings. The number of hydrogen-bond donors (Lipinski definition) is 0. The van der Waals surface area contributed by atoms with Crippen LogP contribution < -0.4 is 14.4 Å². The first-order valence-electron chi connectivity index (χ1n) is 11.4. The molecule has 7 nitrogen and oxygen atoms in total. The number of nitrogens with zero attached hydrogens (tertiary/aromatic N) is 4. The van der Waals surface area contributed by atoms with Crippen molar-refractivity contribution >= 4 is 11.7 Å². The van der Waals surface area contributed by atoms with Crippen LogP contribution in [0.4, 0.5) is 5.82 Å². The summed E-state index contributed by atoms with van der Waals surface area (Å²) in [5.41, 5.74) is 3.73. The highest BCUT2D eigenvalue weighted by Crippen LogP contribution is 2.29. The second-order valence-corrected chi connectivity index (χ2v) is 7.95. The molecule has 0 spiro atoms. The predicted molar refractivity (Wildman–Crippen MR) is 129 cm³/mol. The normalized spacial score (nSPS) is 13.7. The summed E-state index contributed by atoms with van der Waals surface area (Å²) in [4.78, 5) is 17.1. The van der Waals surface area contributed by atoms with Crippen LogP contribution in [0.25, 0.3) is 11.3 Å². The lowest BCUT2D eigenvalue weighted by Crippen LogP contribution is -2.49. The third-order valence-corrected chi connectivity index (χ3v) is 5.68. The minimum absolute atomic E-state index is 0.000505. The molecule has 0 bridgehead atoms. The highest BCUT2D eigenvalue weighted by atomic mass is 16.5. The van der Waals surface area contributed by atoms with Crippen molar-refractivity contribution in [1.29, 1.82) is 0 Å².